The first-order valence-electron chi connectivity index (χ1n) is 3.76. The molecule has 3 nitrogen and oxygen atoms in total. The van der Waals surface area contributed by atoms with E-state index in [1.54, 1.807) is 7.11 Å². The standard InChI is InChI=1S/C7H18N2O/c1-3-7(8)6-9-4-5-10-2/h7,9H,3-6,8H2,1-2H3. The van der Waals surface area contributed by atoms with Gasteiger partial charge in [-0.15, -0.1) is 0 Å². The highest BCUT2D eigenvalue weighted by Crippen LogP contribution is 1.81. The van der Waals surface area contributed by atoms with Gasteiger partial charge in [-0.25, -0.2) is 0 Å². The van der Waals surface area contributed by atoms with E-state index in [0.717, 1.165) is 26.1 Å². The number of nitrogens with two attached hydrogens (primary N) is 1. The second-order valence-electron chi connectivity index (χ2n) is 2.37. The Morgan fingerprint density at radius 3 is 2.80 bits per heavy atom. The Labute approximate surface area is 62.9 Å². The zero-order valence-electron chi connectivity index (χ0n) is 6.89. The summed E-state index contributed by atoms with van der Waals surface area (Å²) in [6.07, 6.45) is 1.03. The lowest BCUT2D eigenvalue weighted by molar-refractivity contribution is 0.199. The van der Waals surface area contributed by atoms with Crippen molar-refractivity contribution in [1.82, 2.24) is 5.32 Å². The van der Waals surface area contributed by atoms with Crippen molar-refractivity contribution in [3.05, 3.63) is 0 Å². The third-order valence-corrected chi connectivity index (χ3v) is 1.41. The minimum Gasteiger partial charge on any atom is -0.383 e. The van der Waals surface area contributed by atoms with E-state index in [1.165, 1.54) is 0 Å². The predicted molar refractivity (Wildman–Crippen MR) is 43.0 cm³/mol. The fourth-order valence-electron chi connectivity index (χ4n) is 0.606. The van der Waals surface area contributed by atoms with Crippen molar-refractivity contribution in [1.29, 1.82) is 0 Å². The predicted octanol–water partition coefficient (Wildman–Crippen LogP) is -0.0403. The Morgan fingerprint density at radius 1 is 1.60 bits per heavy atom. The summed E-state index contributed by atoms with van der Waals surface area (Å²) in [4.78, 5) is 0. The van der Waals surface area contributed by atoms with Crippen LogP contribution in [0.1, 0.15) is 13.3 Å². The number of methoxy groups -OCH3 is 1. The van der Waals surface area contributed by atoms with Crippen LogP contribution in [-0.4, -0.2) is 32.8 Å². The number of hydrogen-bond acceptors (Lipinski definition) is 3. The molecule has 0 aliphatic rings. The maximum atomic E-state index is 5.65. The van der Waals surface area contributed by atoms with E-state index < -0.39 is 0 Å². The van der Waals surface area contributed by atoms with Crippen LogP contribution < -0.4 is 11.1 Å². The Balaban J connectivity index is 2.89. The molecule has 0 aliphatic carbocycles. The van der Waals surface area contributed by atoms with Gasteiger partial charge in [-0.1, -0.05) is 6.92 Å². The third kappa shape index (κ3) is 6.01. The van der Waals surface area contributed by atoms with Gasteiger partial charge in [0.05, 0.1) is 6.61 Å². The minimum absolute atomic E-state index is 0.289. The molecule has 3 N–H and O–H groups in total. The van der Waals surface area contributed by atoms with Gasteiger partial charge in [0.2, 0.25) is 0 Å². The zero-order chi connectivity index (χ0) is 7.82. The van der Waals surface area contributed by atoms with E-state index in [2.05, 4.69) is 12.2 Å². The Morgan fingerprint density at radius 2 is 2.30 bits per heavy atom. The lowest BCUT2D eigenvalue weighted by Gasteiger charge is -2.08. The molecule has 0 saturated carbocycles. The molecule has 0 aromatic carbocycles. The molecule has 0 radical (unpaired) electrons. The molecule has 1 atom stereocenters. The van der Waals surface area contributed by atoms with Gasteiger partial charge in [-0.2, -0.15) is 0 Å². The molecule has 0 aromatic rings. The van der Waals surface area contributed by atoms with Crippen molar-refractivity contribution < 1.29 is 4.74 Å². The Hall–Kier alpha value is -0.120. The SMILES string of the molecule is CCC(N)CNCCOC. The van der Waals surface area contributed by atoms with Crippen molar-refractivity contribution in [2.45, 2.75) is 19.4 Å². The molecular formula is C7H18N2O. The van der Waals surface area contributed by atoms with Gasteiger partial charge in [0.1, 0.15) is 0 Å². The Bertz CT molecular complexity index is 68.6. The molecule has 0 aromatic heterocycles. The maximum Gasteiger partial charge on any atom is 0.0587 e. The van der Waals surface area contributed by atoms with E-state index in [9.17, 15) is 0 Å². The van der Waals surface area contributed by atoms with Crippen LogP contribution in [0.25, 0.3) is 0 Å². The molecule has 0 saturated heterocycles. The van der Waals surface area contributed by atoms with Crippen molar-refractivity contribution in [3.63, 3.8) is 0 Å². The van der Waals surface area contributed by atoms with Gasteiger partial charge in [-0.05, 0) is 6.42 Å². The smallest absolute Gasteiger partial charge is 0.0587 e. The molecular weight excluding hydrogens is 128 g/mol. The summed E-state index contributed by atoms with van der Waals surface area (Å²) >= 11 is 0. The largest absolute Gasteiger partial charge is 0.383 e. The number of nitrogens with one attached hydrogen (secondary N) is 1. The molecule has 62 valence electrons. The minimum atomic E-state index is 0.289. The average Bonchev–Trinajstić information content (AvgIpc) is 1.98. The van der Waals surface area contributed by atoms with E-state index in [4.69, 9.17) is 10.5 Å². The van der Waals surface area contributed by atoms with E-state index in [1.807, 2.05) is 0 Å². The topological polar surface area (TPSA) is 47.3 Å². The summed E-state index contributed by atoms with van der Waals surface area (Å²) in [7, 11) is 1.70. The van der Waals surface area contributed by atoms with Gasteiger partial charge in [-0.3, -0.25) is 0 Å². The van der Waals surface area contributed by atoms with Crippen LogP contribution in [0.5, 0.6) is 0 Å². The van der Waals surface area contributed by atoms with E-state index >= 15 is 0 Å². The molecule has 3 heteroatoms. The molecule has 0 heterocycles. The van der Waals surface area contributed by atoms with Crippen LogP contribution in [0.4, 0.5) is 0 Å². The van der Waals surface area contributed by atoms with Crippen molar-refractivity contribution in [3.8, 4) is 0 Å². The summed E-state index contributed by atoms with van der Waals surface area (Å²) in [5.41, 5.74) is 5.65. The highest BCUT2D eigenvalue weighted by Gasteiger charge is 1.95. The average molecular weight is 146 g/mol. The van der Waals surface area contributed by atoms with E-state index in [-0.39, 0.29) is 6.04 Å². The summed E-state index contributed by atoms with van der Waals surface area (Å²) in [6, 6.07) is 0.289. The summed E-state index contributed by atoms with van der Waals surface area (Å²) in [5, 5.41) is 3.19. The molecule has 1 unspecified atom stereocenters. The second kappa shape index (κ2) is 6.99. The van der Waals surface area contributed by atoms with Crippen LogP contribution >= 0.6 is 0 Å². The molecule has 0 bridgehead atoms. The normalized spacial score (nSPS) is 13.5. The molecule has 0 aliphatic heterocycles. The first-order valence-corrected chi connectivity index (χ1v) is 3.76. The van der Waals surface area contributed by atoms with Crippen LogP contribution in [0, 0.1) is 0 Å². The lowest BCUT2D eigenvalue weighted by Crippen LogP contribution is -2.34. The fraction of sp³-hybridized carbons (Fsp3) is 1.00. The first-order chi connectivity index (χ1) is 4.81. The monoisotopic (exact) mass is 146 g/mol. The lowest BCUT2D eigenvalue weighted by atomic mass is 10.2. The summed E-state index contributed by atoms with van der Waals surface area (Å²) in [6.45, 7) is 4.63. The van der Waals surface area contributed by atoms with E-state index in [0.29, 0.717) is 0 Å². The van der Waals surface area contributed by atoms with Crippen molar-refractivity contribution >= 4 is 0 Å². The number of hydrogen-bond donors (Lipinski definition) is 2. The zero-order valence-corrected chi connectivity index (χ0v) is 6.89. The van der Waals surface area contributed by atoms with Gasteiger partial charge in [0.25, 0.3) is 0 Å². The van der Waals surface area contributed by atoms with Gasteiger partial charge >= 0.3 is 0 Å². The molecule has 0 spiro atoms. The first kappa shape index (κ1) is 9.88. The fourth-order valence-corrected chi connectivity index (χ4v) is 0.606. The Kier molecular flexibility index (Phi) is 6.91. The van der Waals surface area contributed by atoms with Gasteiger partial charge in [0.15, 0.2) is 0 Å². The van der Waals surface area contributed by atoms with Gasteiger partial charge in [0, 0.05) is 26.2 Å². The summed E-state index contributed by atoms with van der Waals surface area (Å²) < 4.78 is 4.85. The van der Waals surface area contributed by atoms with Crippen LogP contribution in [0.15, 0.2) is 0 Å². The second-order valence-corrected chi connectivity index (χ2v) is 2.37. The highest BCUT2D eigenvalue weighted by molar-refractivity contribution is 4.60. The van der Waals surface area contributed by atoms with Crippen LogP contribution in [0.2, 0.25) is 0 Å². The number of ether oxygens (including phenoxy) is 1. The van der Waals surface area contributed by atoms with Crippen LogP contribution in [-0.2, 0) is 4.74 Å². The third-order valence-electron chi connectivity index (χ3n) is 1.41. The summed E-state index contributed by atoms with van der Waals surface area (Å²) in [5.74, 6) is 0. The van der Waals surface area contributed by atoms with Crippen molar-refractivity contribution in [2.75, 3.05) is 26.8 Å². The molecule has 10 heavy (non-hydrogen) atoms. The highest BCUT2D eigenvalue weighted by atomic mass is 16.5. The molecule has 0 fully saturated rings. The van der Waals surface area contributed by atoms with Gasteiger partial charge < -0.3 is 15.8 Å². The molecule has 0 rings (SSSR count). The number of rotatable bonds is 6. The maximum absolute atomic E-state index is 5.65. The quantitative estimate of drug-likeness (QED) is 0.517. The van der Waals surface area contributed by atoms with Crippen molar-refractivity contribution in [2.24, 2.45) is 5.73 Å². The molecule has 0 amide bonds. The van der Waals surface area contributed by atoms with Crippen LogP contribution in [0.3, 0.4) is 0 Å².